The summed E-state index contributed by atoms with van der Waals surface area (Å²) in [5.74, 6) is 0.200. The number of rotatable bonds is 8. The van der Waals surface area contributed by atoms with Crippen molar-refractivity contribution >= 4 is 18.9 Å². The van der Waals surface area contributed by atoms with Gasteiger partial charge in [0.1, 0.15) is 5.54 Å². The van der Waals surface area contributed by atoms with Crippen molar-refractivity contribution in [3.63, 3.8) is 0 Å². The van der Waals surface area contributed by atoms with Crippen LogP contribution in [0.5, 0.6) is 0 Å². The van der Waals surface area contributed by atoms with Gasteiger partial charge in [-0.15, -0.1) is 0 Å². The summed E-state index contributed by atoms with van der Waals surface area (Å²) >= 11 is 0. The zero-order chi connectivity index (χ0) is 21.7. The third-order valence-electron chi connectivity index (χ3n) is 6.88. The predicted molar refractivity (Wildman–Crippen MR) is 117 cm³/mol. The van der Waals surface area contributed by atoms with E-state index in [0.717, 1.165) is 44.8 Å². The molecule has 6 nitrogen and oxygen atoms in total. The number of amides is 2. The van der Waals surface area contributed by atoms with Crippen molar-refractivity contribution in [3.8, 4) is 0 Å². The molecule has 0 bridgehead atoms. The summed E-state index contributed by atoms with van der Waals surface area (Å²) in [5, 5.41) is 6.10. The van der Waals surface area contributed by atoms with Gasteiger partial charge in [-0.25, -0.2) is 0 Å². The van der Waals surface area contributed by atoms with Crippen LogP contribution in [0, 0.1) is 5.92 Å². The minimum absolute atomic E-state index is 0.0244. The van der Waals surface area contributed by atoms with E-state index >= 15 is 0 Å². The van der Waals surface area contributed by atoms with Gasteiger partial charge in [0, 0.05) is 13.5 Å². The van der Waals surface area contributed by atoms with Crippen LogP contribution in [0.2, 0.25) is 6.32 Å². The second-order valence-electron chi connectivity index (χ2n) is 9.95. The highest BCUT2D eigenvalue weighted by Gasteiger charge is 2.51. The summed E-state index contributed by atoms with van der Waals surface area (Å²) in [5.41, 5.74) is -1.43. The quantitative estimate of drug-likeness (QED) is 0.364. The highest BCUT2D eigenvalue weighted by atomic mass is 16.7. The highest BCUT2D eigenvalue weighted by molar-refractivity contribution is 6.45. The van der Waals surface area contributed by atoms with Crippen LogP contribution >= 0.6 is 0 Å². The van der Waals surface area contributed by atoms with E-state index in [1.807, 2.05) is 0 Å². The van der Waals surface area contributed by atoms with E-state index in [1.165, 1.54) is 6.92 Å². The topological polar surface area (TPSA) is 76.7 Å². The molecule has 0 aromatic carbocycles. The van der Waals surface area contributed by atoms with E-state index < -0.39 is 5.54 Å². The summed E-state index contributed by atoms with van der Waals surface area (Å²) in [7, 11) is -0.211. The standard InChI is InChI=1S/C22H41BN2O4/c1-7-8-15-24-19(27)22(25-17(2)26)13-10-9-11-18(16-22)12-14-23-28-20(3,4)21(5,6)29-23/h18H,7-16H2,1-6H3,(H,24,27)(H,25,26). The number of hydrogen-bond donors (Lipinski definition) is 2. The van der Waals surface area contributed by atoms with Gasteiger partial charge in [0.2, 0.25) is 11.8 Å². The Morgan fingerprint density at radius 3 is 2.34 bits per heavy atom. The van der Waals surface area contributed by atoms with E-state index in [1.54, 1.807) is 0 Å². The maximum Gasteiger partial charge on any atom is 0.457 e. The fourth-order valence-electron chi connectivity index (χ4n) is 4.52. The van der Waals surface area contributed by atoms with Gasteiger partial charge in [0.15, 0.2) is 0 Å². The minimum atomic E-state index is -0.795. The molecule has 2 amide bonds. The zero-order valence-electron chi connectivity index (χ0n) is 19.4. The molecule has 2 rings (SSSR count). The first-order chi connectivity index (χ1) is 13.5. The molecule has 7 heteroatoms. The molecule has 2 N–H and O–H groups in total. The Morgan fingerprint density at radius 2 is 1.76 bits per heavy atom. The Balaban J connectivity index is 2.03. The van der Waals surface area contributed by atoms with Crippen LogP contribution in [0.1, 0.15) is 92.9 Å². The monoisotopic (exact) mass is 408 g/mol. The molecule has 29 heavy (non-hydrogen) atoms. The molecule has 0 radical (unpaired) electrons. The summed E-state index contributed by atoms with van der Waals surface area (Å²) in [4.78, 5) is 25.0. The Labute approximate surface area is 177 Å². The number of hydrogen-bond acceptors (Lipinski definition) is 4. The lowest BCUT2D eigenvalue weighted by Gasteiger charge is -2.34. The molecule has 1 heterocycles. The van der Waals surface area contributed by atoms with E-state index in [0.29, 0.717) is 25.3 Å². The van der Waals surface area contributed by atoms with Gasteiger partial charge in [-0.05, 0) is 59.2 Å². The van der Waals surface area contributed by atoms with Crippen molar-refractivity contribution in [1.29, 1.82) is 0 Å². The lowest BCUT2D eigenvalue weighted by Crippen LogP contribution is -2.59. The molecule has 2 aliphatic rings. The van der Waals surface area contributed by atoms with E-state index in [9.17, 15) is 9.59 Å². The molecular formula is C22H41BN2O4. The Kier molecular flexibility index (Phi) is 8.19. The van der Waals surface area contributed by atoms with Gasteiger partial charge in [-0.1, -0.05) is 39.0 Å². The van der Waals surface area contributed by atoms with Gasteiger partial charge in [0.25, 0.3) is 0 Å². The Morgan fingerprint density at radius 1 is 1.10 bits per heavy atom. The van der Waals surface area contributed by atoms with Crippen molar-refractivity contribution in [1.82, 2.24) is 10.6 Å². The minimum Gasteiger partial charge on any atom is -0.403 e. The van der Waals surface area contributed by atoms with Crippen LogP contribution in [-0.4, -0.2) is 42.2 Å². The van der Waals surface area contributed by atoms with E-state index in [2.05, 4.69) is 45.3 Å². The van der Waals surface area contributed by atoms with Crippen LogP contribution in [0.4, 0.5) is 0 Å². The first-order valence-electron chi connectivity index (χ1n) is 11.4. The fraction of sp³-hybridized carbons (Fsp3) is 0.909. The molecule has 2 unspecified atom stereocenters. The first kappa shape index (κ1) is 24.2. The maximum absolute atomic E-state index is 13.1. The van der Waals surface area contributed by atoms with Gasteiger partial charge < -0.3 is 19.9 Å². The van der Waals surface area contributed by atoms with Gasteiger partial charge >= 0.3 is 7.12 Å². The molecule has 0 aromatic rings. The molecular weight excluding hydrogens is 367 g/mol. The van der Waals surface area contributed by atoms with E-state index in [-0.39, 0.29) is 30.1 Å². The number of carbonyl (C=O) groups is 2. The van der Waals surface area contributed by atoms with Crippen molar-refractivity contribution < 1.29 is 18.9 Å². The van der Waals surface area contributed by atoms with Crippen LogP contribution in [0.15, 0.2) is 0 Å². The average Bonchev–Trinajstić information content (AvgIpc) is 2.75. The predicted octanol–water partition coefficient (Wildman–Crippen LogP) is 3.84. The van der Waals surface area contributed by atoms with Crippen molar-refractivity contribution in [3.05, 3.63) is 0 Å². The SMILES string of the molecule is CCCCNC(=O)C1(NC(C)=O)CCCCC(CCB2OC(C)(C)C(C)(C)O2)C1. The van der Waals surface area contributed by atoms with Crippen LogP contribution in [0.3, 0.4) is 0 Å². The first-order valence-corrected chi connectivity index (χ1v) is 11.4. The number of nitrogens with one attached hydrogen (secondary N) is 2. The molecule has 1 aliphatic heterocycles. The third-order valence-corrected chi connectivity index (χ3v) is 6.88. The largest absolute Gasteiger partial charge is 0.457 e. The molecule has 1 saturated carbocycles. The number of carbonyl (C=O) groups excluding carboxylic acids is 2. The second kappa shape index (κ2) is 9.82. The Bertz CT molecular complexity index is 565. The van der Waals surface area contributed by atoms with Crippen molar-refractivity contribution in [2.24, 2.45) is 5.92 Å². The number of unbranched alkanes of at least 4 members (excludes halogenated alkanes) is 1. The molecule has 2 fully saturated rings. The van der Waals surface area contributed by atoms with Crippen LogP contribution < -0.4 is 10.6 Å². The van der Waals surface area contributed by atoms with Crippen LogP contribution in [0.25, 0.3) is 0 Å². The summed E-state index contributed by atoms with van der Waals surface area (Å²) in [6.45, 7) is 12.6. The molecule has 2 atom stereocenters. The molecule has 0 spiro atoms. The maximum atomic E-state index is 13.1. The normalized spacial score (nSPS) is 28.6. The van der Waals surface area contributed by atoms with Gasteiger partial charge in [-0.2, -0.15) is 0 Å². The van der Waals surface area contributed by atoms with Crippen molar-refractivity contribution in [2.45, 2.75) is 116 Å². The smallest absolute Gasteiger partial charge is 0.403 e. The molecule has 1 saturated heterocycles. The lowest BCUT2D eigenvalue weighted by atomic mass is 9.75. The Hall–Kier alpha value is -1.08. The van der Waals surface area contributed by atoms with Gasteiger partial charge in [0.05, 0.1) is 11.2 Å². The summed E-state index contributed by atoms with van der Waals surface area (Å²) in [6.07, 6.45) is 8.22. The second-order valence-corrected chi connectivity index (χ2v) is 9.95. The summed E-state index contributed by atoms with van der Waals surface area (Å²) < 4.78 is 12.3. The average molecular weight is 408 g/mol. The summed E-state index contributed by atoms with van der Waals surface area (Å²) in [6, 6.07) is 0. The van der Waals surface area contributed by atoms with Crippen LogP contribution in [-0.2, 0) is 18.9 Å². The third kappa shape index (κ3) is 6.20. The zero-order valence-corrected chi connectivity index (χ0v) is 19.4. The lowest BCUT2D eigenvalue weighted by molar-refractivity contribution is -0.134. The molecule has 0 aromatic heterocycles. The molecule has 166 valence electrons. The fourth-order valence-corrected chi connectivity index (χ4v) is 4.52. The highest BCUT2D eigenvalue weighted by Crippen LogP contribution is 2.40. The van der Waals surface area contributed by atoms with Crippen molar-refractivity contribution in [2.75, 3.05) is 6.54 Å². The van der Waals surface area contributed by atoms with Gasteiger partial charge in [-0.3, -0.25) is 9.59 Å². The van der Waals surface area contributed by atoms with E-state index in [4.69, 9.17) is 9.31 Å². The molecule has 1 aliphatic carbocycles.